The van der Waals surface area contributed by atoms with Crippen LogP contribution in [-0.2, 0) is 63.2 Å². The lowest BCUT2D eigenvalue weighted by molar-refractivity contribution is 0.112. The van der Waals surface area contributed by atoms with Gasteiger partial charge >= 0.3 is 42.8 Å². The van der Waals surface area contributed by atoms with Gasteiger partial charge in [-0.1, -0.05) is 0 Å². The molecule has 0 radical (unpaired) electrons. The minimum atomic E-state index is -2.92. The van der Waals surface area contributed by atoms with Crippen molar-refractivity contribution in [2.24, 2.45) is 5.92 Å². The Balaban J connectivity index is 1.21. The van der Waals surface area contributed by atoms with Crippen molar-refractivity contribution in [1.29, 1.82) is 0 Å². The van der Waals surface area contributed by atoms with E-state index in [1.54, 1.807) is 0 Å². The molecule has 0 aromatic heterocycles. The first-order valence-electron chi connectivity index (χ1n) is 21.3. The van der Waals surface area contributed by atoms with Crippen LogP contribution in [0.4, 0.5) is 0 Å². The van der Waals surface area contributed by atoms with Gasteiger partial charge in [-0.05, 0) is 114 Å². The van der Waals surface area contributed by atoms with Crippen molar-refractivity contribution in [3.8, 4) is 0 Å². The maximum absolute atomic E-state index is 7.51. The van der Waals surface area contributed by atoms with Crippen molar-refractivity contribution < 1.29 is 63.2 Å². The highest BCUT2D eigenvalue weighted by Gasteiger charge is 2.56. The van der Waals surface area contributed by atoms with Gasteiger partial charge in [0.2, 0.25) is 0 Å². The van der Waals surface area contributed by atoms with Gasteiger partial charge in [0.1, 0.15) is 24.4 Å². The maximum atomic E-state index is 7.51. The lowest BCUT2D eigenvalue weighted by Crippen LogP contribution is -2.67. The van der Waals surface area contributed by atoms with E-state index in [1.807, 2.05) is 0 Å². The minimum Gasteiger partial charge on any atom is -0.416 e. The van der Waals surface area contributed by atoms with Crippen LogP contribution in [0.15, 0.2) is 0 Å². The van der Waals surface area contributed by atoms with Crippen molar-refractivity contribution in [3.63, 3.8) is 0 Å². The third-order valence-electron chi connectivity index (χ3n) is 10.6. The molecule has 0 spiro atoms. The molecule has 0 bridgehead atoms. The Bertz CT molecular complexity index is 919. The summed E-state index contributed by atoms with van der Waals surface area (Å²) in [6.45, 7) is 21.0. The molecule has 320 valence electrons. The second-order valence-electron chi connectivity index (χ2n) is 17.3. The molecule has 6 rings (SSSR count). The summed E-state index contributed by atoms with van der Waals surface area (Å²) in [5.74, 6) is 0.731. The van der Waals surface area contributed by atoms with Crippen LogP contribution in [0.1, 0.15) is 44.9 Å². The molecule has 1 saturated carbocycles. The first-order chi connectivity index (χ1) is 26.4. The summed E-state index contributed by atoms with van der Waals surface area (Å²) < 4.78 is 89.3. The van der Waals surface area contributed by atoms with Gasteiger partial charge in [-0.15, -0.1) is 0 Å². The van der Waals surface area contributed by atoms with E-state index >= 15 is 0 Å². The van der Waals surface area contributed by atoms with Crippen LogP contribution in [0.25, 0.3) is 0 Å². The summed E-state index contributed by atoms with van der Waals surface area (Å²) in [7, 11) is -14.6. The van der Waals surface area contributed by atoms with Gasteiger partial charge < -0.3 is 63.2 Å². The summed E-state index contributed by atoms with van der Waals surface area (Å²) >= 11 is 0. The fourth-order valence-electron chi connectivity index (χ4n) is 7.43. The number of rotatable bonds is 30. The van der Waals surface area contributed by atoms with Gasteiger partial charge in [0.15, 0.2) is 0 Å². The van der Waals surface area contributed by atoms with Gasteiger partial charge in [-0.3, -0.25) is 0 Å². The molecule has 0 aromatic rings. The molecule has 0 aromatic carbocycles. The quantitative estimate of drug-likeness (QED) is 0.0511. The Hall–Kier alpha value is 0.524. The number of ether oxygens (including phenoxy) is 9. The Kier molecular flexibility index (Phi) is 17.5. The largest absolute Gasteiger partial charge is 0.416 e. The molecule has 5 heterocycles. The van der Waals surface area contributed by atoms with Crippen molar-refractivity contribution in [1.82, 2.24) is 0 Å². The van der Waals surface area contributed by atoms with E-state index in [1.165, 1.54) is 12.8 Å². The van der Waals surface area contributed by atoms with Crippen LogP contribution in [0.3, 0.4) is 0 Å². The highest BCUT2D eigenvalue weighted by atomic mass is 28.5. The van der Waals surface area contributed by atoms with E-state index in [2.05, 4.69) is 32.7 Å². The molecule has 19 heteroatoms. The van der Waals surface area contributed by atoms with Crippen LogP contribution in [0.5, 0.6) is 0 Å². The maximum Gasteiger partial charge on any atom is 0.317 e. The Labute approximate surface area is 335 Å². The smallest absolute Gasteiger partial charge is 0.317 e. The van der Waals surface area contributed by atoms with Gasteiger partial charge in [-0.25, -0.2) is 0 Å². The summed E-state index contributed by atoms with van der Waals surface area (Å²) in [6, 6.07) is 3.95. The zero-order valence-electron chi connectivity index (χ0n) is 34.5. The Morgan fingerprint density at radius 3 is 0.782 bits per heavy atom. The summed E-state index contributed by atoms with van der Waals surface area (Å²) in [6.07, 6.45) is 7.74. The molecule has 5 aliphatic heterocycles. The van der Waals surface area contributed by atoms with E-state index in [-0.39, 0.29) is 24.4 Å². The summed E-state index contributed by atoms with van der Waals surface area (Å²) in [5, 5.41) is 0. The van der Waals surface area contributed by atoms with E-state index in [0.717, 1.165) is 101 Å². The molecule has 0 amide bonds. The molecular weight excluding hydrogens is 797 g/mol. The molecule has 6 aliphatic rings. The molecular formula is C36H72O14Si5. The van der Waals surface area contributed by atoms with E-state index in [0.29, 0.717) is 59.5 Å². The highest BCUT2D eigenvalue weighted by molar-refractivity contribution is 6.94. The minimum absolute atomic E-state index is 0.237. The Morgan fingerprint density at radius 2 is 0.582 bits per heavy atom. The molecule has 14 nitrogen and oxygen atoms in total. The summed E-state index contributed by atoms with van der Waals surface area (Å²) in [4.78, 5) is 0. The summed E-state index contributed by atoms with van der Waals surface area (Å²) in [5.41, 5.74) is 0. The number of hydrogen-bond donors (Lipinski definition) is 0. The van der Waals surface area contributed by atoms with Crippen molar-refractivity contribution >= 4 is 42.8 Å². The molecule has 8 unspecified atom stereocenters. The average Bonchev–Trinajstić information content (AvgIpc) is 3.90. The predicted molar refractivity (Wildman–Crippen MR) is 216 cm³/mol. The predicted octanol–water partition coefficient (Wildman–Crippen LogP) is 5.48. The van der Waals surface area contributed by atoms with E-state index < -0.39 is 42.8 Å². The first-order valence-corrected chi connectivity index (χ1v) is 33.9. The lowest BCUT2D eigenvalue weighted by Gasteiger charge is -2.50. The Morgan fingerprint density at radius 1 is 0.364 bits per heavy atom. The topological polar surface area (TPSA) is 142 Å². The van der Waals surface area contributed by atoms with Crippen LogP contribution in [0, 0.1) is 5.92 Å². The zero-order chi connectivity index (χ0) is 38.7. The molecule has 5 saturated heterocycles. The highest BCUT2D eigenvalue weighted by Crippen LogP contribution is 2.39. The van der Waals surface area contributed by atoms with E-state index in [4.69, 9.17) is 63.2 Å². The molecule has 55 heavy (non-hydrogen) atoms. The van der Waals surface area contributed by atoms with Crippen molar-refractivity contribution in [2.45, 2.75) is 132 Å². The molecule has 6 fully saturated rings. The molecule has 8 atom stereocenters. The lowest BCUT2D eigenvalue weighted by atomic mass is 10.4. The zero-order valence-corrected chi connectivity index (χ0v) is 39.5. The third kappa shape index (κ3) is 18.4. The number of hydrogen-bond acceptors (Lipinski definition) is 14. The van der Waals surface area contributed by atoms with Crippen LogP contribution >= 0.6 is 0 Å². The number of epoxide rings is 4. The SMILES string of the molecule is C[Si]1(CCCOCC2CC2)O[Si](C)(CCCOCC2CO2)O[Si](C)(CCCOCC2CO2)O[Si](C)(CCCOCC2CO2)O[Si](C)(CCCOCC2CO2)O1. The van der Waals surface area contributed by atoms with Crippen LogP contribution in [-0.4, -0.2) is 160 Å². The normalized spacial score (nSPS) is 38.6. The average molecular weight is 869 g/mol. The van der Waals surface area contributed by atoms with Crippen LogP contribution in [0.2, 0.25) is 63.0 Å². The van der Waals surface area contributed by atoms with Gasteiger partial charge in [0, 0.05) is 39.6 Å². The monoisotopic (exact) mass is 868 g/mol. The third-order valence-corrected chi connectivity index (χ3v) is 34.2. The second-order valence-corrected chi connectivity index (χ2v) is 35.3. The van der Waals surface area contributed by atoms with Gasteiger partial charge in [-0.2, -0.15) is 0 Å². The van der Waals surface area contributed by atoms with Crippen molar-refractivity contribution in [2.75, 3.05) is 92.5 Å². The van der Waals surface area contributed by atoms with E-state index in [9.17, 15) is 0 Å². The fourth-order valence-corrected chi connectivity index (χ4v) is 36.4. The second kappa shape index (κ2) is 21.4. The van der Waals surface area contributed by atoms with Gasteiger partial charge in [0.05, 0.1) is 52.9 Å². The fraction of sp³-hybridized carbons (Fsp3) is 1.00. The van der Waals surface area contributed by atoms with Crippen LogP contribution < -0.4 is 0 Å². The van der Waals surface area contributed by atoms with Gasteiger partial charge in [0.25, 0.3) is 0 Å². The molecule has 1 aliphatic carbocycles. The molecule has 0 N–H and O–H groups in total. The van der Waals surface area contributed by atoms with Crippen molar-refractivity contribution in [3.05, 3.63) is 0 Å². The standard InChI is InChI=1S/C36H72O14Si5/c1-51(18-6-13-37-23-32-11-12-32)46-52(2,19-7-14-38-24-33-28-42-33)48-54(4,21-9-16-40-26-35-30-44-35)50-55(5,22-10-17-41-27-36-31-45-36)49-53(3,47-51)20-8-15-39-25-34-29-43-34/h32-36H,6-31H2,1-5H3. The first kappa shape index (κ1) is 45.1.